The molecular weight excluding hydrogens is 371 g/mol. The standard InChI is InChI=1S/C21H20F3NO3/c22-21(23,24)13-6-4-12(5-7-13)18(26)17-15-9-8-14-11-20(15,28-19(17)27)16-3-1-2-10-25(14)16/h4-9,14,16,18,26H,1-3,10-11H2/t14-,16+,18?,20+/m1/s1. The van der Waals surface area contributed by atoms with Crippen molar-refractivity contribution < 1.29 is 27.8 Å². The minimum Gasteiger partial charge on any atom is -0.449 e. The van der Waals surface area contributed by atoms with Crippen LogP contribution in [-0.2, 0) is 15.7 Å². The van der Waals surface area contributed by atoms with Gasteiger partial charge >= 0.3 is 12.1 Å². The van der Waals surface area contributed by atoms with Crippen LogP contribution in [-0.4, -0.2) is 40.2 Å². The predicted molar refractivity (Wildman–Crippen MR) is 94.1 cm³/mol. The third-order valence-corrected chi connectivity index (χ3v) is 6.57. The maximum atomic E-state index is 12.8. The van der Waals surface area contributed by atoms with Crippen LogP contribution in [0.1, 0.15) is 42.9 Å². The molecule has 1 aromatic rings. The zero-order valence-electron chi connectivity index (χ0n) is 15.1. The van der Waals surface area contributed by atoms with Gasteiger partial charge in [0.25, 0.3) is 0 Å². The third kappa shape index (κ3) is 2.42. The number of ether oxygens (including phenoxy) is 1. The van der Waals surface area contributed by atoms with Crippen molar-refractivity contribution in [2.24, 2.45) is 0 Å². The van der Waals surface area contributed by atoms with E-state index in [2.05, 4.69) is 11.0 Å². The second-order valence-electron chi connectivity index (χ2n) is 8.01. The van der Waals surface area contributed by atoms with E-state index >= 15 is 0 Å². The molecule has 4 nitrogen and oxygen atoms in total. The van der Waals surface area contributed by atoms with Gasteiger partial charge in [0.15, 0.2) is 5.60 Å². The fourth-order valence-electron chi connectivity index (χ4n) is 5.32. The summed E-state index contributed by atoms with van der Waals surface area (Å²) in [4.78, 5) is 15.1. The van der Waals surface area contributed by atoms with Gasteiger partial charge in [0.05, 0.1) is 17.2 Å². The van der Waals surface area contributed by atoms with Crippen LogP contribution in [0, 0.1) is 0 Å². The number of hydrogen-bond donors (Lipinski definition) is 1. The Hall–Kier alpha value is -2.12. The number of carbonyl (C=O) groups excluding carboxylic acids is 1. The number of halogens is 3. The number of benzene rings is 1. The molecule has 5 rings (SSSR count). The summed E-state index contributed by atoms with van der Waals surface area (Å²) in [6.45, 7) is 0.961. The lowest BCUT2D eigenvalue weighted by atomic mass is 9.78. The van der Waals surface area contributed by atoms with E-state index in [1.54, 1.807) is 0 Å². The molecule has 148 valence electrons. The molecule has 7 heteroatoms. The highest BCUT2D eigenvalue weighted by molar-refractivity contribution is 5.96. The summed E-state index contributed by atoms with van der Waals surface area (Å²) in [6.07, 6.45) is 1.96. The van der Waals surface area contributed by atoms with E-state index in [9.17, 15) is 23.1 Å². The molecule has 2 bridgehead atoms. The first-order valence-corrected chi connectivity index (χ1v) is 9.58. The van der Waals surface area contributed by atoms with Crippen molar-refractivity contribution in [3.8, 4) is 0 Å². The van der Waals surface area contributed by atoms with Crippen molar-refractivity contribution in [3.05, 3.63) is 58.7 Å². The zero-order valence-corrected chi connectivity index (χ0v) is 15.1. The molecule has 1 aliphatic carbocycles. The van der Waals surface area contributed by atoms with Crippen molar-refractivity contribution in [2.75, 3.05) is 6.54 Å². The van der Waals surface area contributed by atoms with Gasteiger partial charge in [-0.25, -0.2) is 4.79 Å². The number of nitrogens with zero attached hydrogens (tertiary/aromatic N) is 1. The lowest BCUT2D eigenvalue weighted by Gasteiger charge is -2.37. The van der Waals surface area contributed by atoms with Crippen molar-refractivity contribution >= 4 is 5.97 Å². The monoisotopic (exact) mass is 391 g/mol. The SMILES string of the molecule is O=C1O[C@@]23C[C@@H](C=CC2=C1C(O)c1ccc(C(F)(F)F)cc1)N1CCCC[C@H]13. The van der Waals surface area contributed by atoms with Crippen molar-refractivity contribution in [1.29, 1.82) is 0 Å². The van der Waals surface area contributed by atoms with Gasteiger partial charge in [-0.1, -0.05) is 30.7 Å². The number of fused-ring (bicyclic) bond motifs is 3. The first kappa shape index (κ1) is 17.9. The number of alkyl halides is 3. The minimum atomic E-state index is -4.45. The second kappa shape index (κ2) is 5.94. The number of aliphatic hydroxyl groups is 1. The van der Waals surface area contributed by atoms with Gasteiger partial charge in [-0.05, 0) is 37.1 Å². The smallest absolute Gasteiger partial charge is 0.416 e. The summed E-state index contributed by atoms with van der Waals surface area (Å²) < 4.78 is 44.3. The highest BCUT2D eigenvalue weighted by atomic mass is 19.4. The Balaban J connectivity index is 1.54. The summed E-state index contributed by atoms with van der Waals surface area (Å²) in [5.74, 6) is -0.569. The number of piperidine rings is 1. The molecule has 28 heavy (non-hydrogen) atoms. The molecule has 4 atom stereocenters. The van der Waals surface area contributed by atoms with Crippen LogP contribution in [0.4, 0.5) is 13.2 Å². The van der Waals surface area contributed by atoms with E-state index in [0.29, 0.717) is 12.0 Å². The highest BCUT2D eigenvalue weighted by Crippen LogP contribution is 2.54. The van der Waals surface area contributed by atoms with Crippen molar-refractivity contribution in [1.82, 2.24) is 4.90 Å². The summed E-state index contributed by atoms with van der Waals surface area (Å²) >= 11 is 0. The first-order chi connectivity index (χ1) is 13.3. The largest absolute Gasteiger partial charge is 0.449 e. The summed E-state index contributed by atoms with van der Waals surface area (Å²) in [6, 6.07) is 4.60. The lowest BCUT2D eigenvalue weighted by molar-refractivity contribution is -0.150. The molecule has 2 fully saturated rings. The summed E-state index contributed by atoms with van der Waals surface area (Å²) in [5, 5.41) is 10.9. The van der Waals surface area contributed by atoms with Crippen LogP contribution in [0.2, 0.25) is 0 Å². The Bertz CT molecular complexity index is 889. The van der Waals surface area contributed by atoms with E-state index in [1.165, 1.54) is 12.1 Å². The highest BCUT2D eigenvalue weighted by Gasteiger charge is 2.62. The average molecular weight is 391 g/mol. The molecule has 1 spiro atoms. The Kier molecular flexibility index (Phi) is 3.81. The molecule has 1 aromatic carbocycles. The third-order valence-electron chi connectivity index (χ3n) is 6.57. The van der Waals surface area contributed by atoms with E-state index in [0.717, 1.165) is 37.9 Å². The van der Waals surface area contributed by atoms with Gasteiger partial charge in [-0.15, -0.1) is 0 Å². The molecule has 1 unspecified atom stereocenters. The minimum absolute atomic E-state index is 0.0949. The Morgan fingerprint density at radius 2 is 1.96 bits per heavy atom. The molecule has 0 saturated carbocycles. The molecule has 2 saturated heterocycles. The Morgan fingerprint density at radius 1 is 1.21 bits per heavy atom. The van der Waals surface area contributed by atoms with Crippen LogP contribution in [0.25, 0.3) is 0 Å². The quantitative estimate of drug-likeness (QED) is 0.784. The fraction of sp³-hybridized carbons (Fsp3) is 0.476. The van der Waals surface area contributed by atoms with Gasteiger partial charge in [-0.3, -0.25) is 4.90 Å². The van der Waals surface area contributed by atoms with Gasteiger partial charge in [0, 0.05) is 18.0 Å². The van der Waals surface area contributed by atoms with E-state index < -0.39 is 29.4 Å². The lowest BCUT2D eigenvalue weighted by Crippen LogP contribution is -2.48. The zero-order chi connectivity index (χ0) is 19.7. The molecule has 1 N–H and O–H groups in total. The molecule has 0 aromatic heterocycles. The first-order valence-electron chi connectivity index (χ1n) is 9.58. The molecule has 0 radical (unpaired) electrons. The van der Waals surface area contributed by atoms with Crippen LogP contribution in [0.15, 0.2) is 47.6 Å². The molecular formula is C21H20F3NO3. The maximum Gasteiger partial charge on any atom is 0.416 e. The fourth-order valence-corrected chi connectivity index (χ4v) is 5.32. The van der Waals surface area contributed by atoms with E-state index in [-0.39, 0.29) is 23.2 Å². The maximum absolute atomic E-state index is 12.8. The van der Waals surface area contributed by atoms with Gasteiger partial charge in [-0.2, -0.15) is 13.2 Å². The number of aliphatic hydroxyl groups excluding tert-OH is 1. The van der Waals surface area contributed by atoms with Crippen molar-refractivity contribution in [3.63, 3.8) is 0 Å². The van der Waals surface area contributed by atoms with Gasteiger partial charge in [0.2, 0.25) is 0 Å². The summed E-state index contributed by atoms with van der Waals surface area (Å²) in [5.41, 5.74) is -0.435. The van der Waals surface area contributed by atoms with E-state index in [4.69, 9.17) is 4.74 Å². The van der Waals surface area contributed by atoms with Crippen LogP contribution in [0.3, 0.4) is 0 Å². The van der Waals surface area contributed by atoms with E-state index in [1.807, 2.05) is 6.08 Å². The normalized spacial score (nSPS) is 32.9. The van der Waals surface area contributed by atoms with Crippen LogP contribution in [0.5, 0.6) is 0 Å². The van der Waals surface area contributed by atoms with Crippen LogP contribution >= 0.6 is 0 Å². The van der Waals surface area contributed by atoms with Gasteiger partial charge < -0.3 is 9.84 Å². The second-order valence-corrected chi connectivity index (χ2v) is 8.01. The number of carbonyl (C=O) groups is 1. The Labute approximate surface area is 160 Å². The van der Waals surface area contributed by atoms with Crippen LogP contribution < -0.4 is 0 Å². The number of rotatable bonds is 2. The van der Waals surface area contributed by atoms with Crippen molar-refractivity contribution in [2.45, 2.75) is 55.6 Å². The number of esters is 1. The molecule has 3 aliphatic heterocycles. The number of hydrogen-bond acceptors (Lipinski definition) is 4. The summed E-state index contributed by atoms with van der Waals surface area (Å²) in [7, 11) is 0. The van der Waals surface area contributed by atoms with Gasteiger partial charge in [0.1, 0.15) is 6.10 Å². The molecule has 3 heterocycles. The topological polar surface area (TPSA) is 49.8 Å². The molecule has 0 amide bonds. The predicted octanol–water partition coefficient (Wildman–Crippen LogP) is 3.53. The average Bonchev–Trinajstić information content (AvgIpc) is 3.11. The molecule has 4 aliphatic rings. The Morgan fingerprint density at radius 3 is 2.68 bits per heavy atom.